The highest BCUT2D eigenvalue weighted by Gasteiger charge is 2.42. The van der Waals surface area contributed by atoms with Crippen LogP contribution < -0.4 is 0 Å². The number of aromatic nitrogens is 2. The topological polar surface area (TPSA) is 17.8 Å². The van der Waals surface area contributed by atoms with E-state index >= 15 is 0 Å². The number of hydrogen-bond donors (Lipinski definition) is 0. The normalized spacial score (nSPS) is 23.1. The molecular formula is C15H12F2N2S. The molecule has 0 radical (unpaired) electrons. The fourth-order valence-electron chi connectivity index (χ4n) is 3.69. The summed E-state index contributed by atoms with van der Waals surface area (Å²) in [5, 5.41) is 6.01. The van der Waals surface area contributed by atoms with E-state index in [0.29, 0.717) is 17.5 Å². The third-order valence-corrected chi connectivity index (χ3v) is 4.69. The Bertz CT molecular complexity index is 723. The number of hydrogen-bond acceptors (Lipinski definition) is 2. The highest BCUT2D eigenvalue weighted by Crippen LogP contribution is 2.54. The number of nitrogens with zero attached hydrogens (tertiary/aromatic N) is 2. The molecule has 0 saturated heterocycles. The molecule has 5 heteroatoms. The third-order valence-electron chi connectivity index (χ3n) is 4.46. The molecule has 2 bridgehead atoms. The molecule has 2 aliphatic rings. The molecule has 1 heterocycles. The minimum atomic E-state index is -0.589. The van der Waals surface area contributed by atoms with E-state index in [1.54, 1.807) is 10.0 Å². The summed E-state index contributed by atoms with van der Waals surface area (Å²) in [6.45, 7) is 0. The first-order chi connectivity index (χ1) is 9.69. The van der Waals surface area contributed by atoms with E-state index in [1.165, 1.54) is 17.7 Å². The molecule has 4 rings (SSSR count). The third kappa shape index (κ3) is 1.53. The van der Waals surface area contributed by atoms with Crippen LogP contribution in [-0.2, 0) is 0 Å². The molecule has 2 unspecified atom stereocenters. The lowest BCUT2D eigenvalue weighted by atomic mass is 9.96. The van der Waals surface area contributed by atoms with Gasteiger partial charge in [0.1, 0.15) is 11.5 Å². The zero-order valence-electron chi connectivity index (χ0n) is 10.6. The summed E-state index contributed by atoms with van der Waals surface area (Å²) in [5.74, 6) is -0.238. The smallest absolute Gasteiger partial charge is 0.151 e. The lowest BCUT2D eigenvalue weighted by Crippen LogP contribution is -2.07. The van der Waals surface area contributed by atoms with E-state index in [9.17, 15) is 8.78 Å². The van der Waals surface area contributed by atoms with Gasteiger partial charge in [-0.25, -0.2) is 13.5 Å². The van der Waals surface area contributed by atoms with Crippen molar-refractivity contribution in [2.24, 2.45) is 0 Å². The van der Waals surface area contributed by atoms with Gasteiger partial charge < -0.3 is 0 Å². The molecule has 1 saturated carbocycles. The van der Waals surface area contributed by atoms with Crippen molar-refractivity contribution in [3.63, 3.8) is 0 Å². The largest absolute Gasteiger partial charge is 0.234 e. The SMILES string of the molecule is Fc1ccc(-n2nc(C=S)c3c2C2CCC3C2)c(F)c1. The van der Waals surface area contributed by atoms with Gasteiger partial charge in [0.15, 0.2) is 5.82 Å². The van der Waals surface area contributed by atoms with Crippen LogP contribution in [0.15, 0.2) is 18.2 Å². The number of thiocarbonyl (C=S) groups is 1. The van der Waals surface area contributed by atoms with Gasteiger partial charge in [-0.15, -0.1) is 0 Å². The molecule has 2 atom stereocenters. The average Bonchev–Trinajstić information content (AvgIpc) is 3.10. The van der Waals surface area contributed by atoms with Crippen molar-refractivity contribution in [1.82, 2.24) is 9.78 Å². The summed E-state index contributed by atoms with van der Waals surface area (Å²) in [5.41, 5.74) is 3.33. The van der Waals surface area contributed by atoms with E-state index in [1.807, 2.05) is 0 Å². The first-order valence-electron chi connectivity index (χ1n) is 6.72. The van der Waals surface area contributed by atoms with Gasteiger partial charge in [0, 0.05) is 22.9 Å². The molecule has 0 N–H and O–H groups in total. The van der Waals surface area contributed by atoms with Crippen molar-refractivity contribution in [3.8, 4) is 5.69 Å². The second-order valence-electron chi connectivity index (χ2n) is 5.52. The van der Waals surface area contributed by atoms with Gasteiger partial charge in [-0.1, -0.05) is 12.2 Å². The van der Waals surface area contributed by atoms with Crippen LogP contribution in [0.5, 0.6) is 0 Å². The molecule has 1 aromatic heterocycles. The molecule has 0 amide bonds. The summed E-state index contributed by atoms with van der Waals surface area (Å²) >= 11 is 5.04. The van der Waals surface area contributed by atoms with Gasteiger partial charge in [0.25, 0.3) is 0 Å². The molecule has 1 fully saturated rings. The number of benzene rings is 1. The maximum atomic E-state index is 14.0. The molecule has 2 aromatic rings. The lowest BCUT2D eigenvalue weighted by Gasteiger charge is -2.14. The zero-order chi connectivity index (χ0) is 13.9. The molecule has 1 aromatic carbocycles. The van der Waals surface area contributed by atoms with Gasteiger partial charge in [-0.2, -0.15) is 5.10 Å². The molecule has 0 spiro atoms. The second-order valence-corrected chi connectivity index (χ2v) is 5.75. The Balaban J connectivity index is 1.96. The van der Waals surface area contributed by atoms with E-state index in [4.69, 9.17) is 12.2 Å². The minimum Gasteiger partial charge on any atom is -0.234 e. The van der Waals surface area contributed by atoms with Gasteiger partial charge in [-0.05, 0) is 37.3 Å². The highest BCUT2D eigenvalue weighted by atomic mass is 32.1. The number of fused-ring (bicyclic) bond motifs is 5. The minimum absolute atomic E-state index is 0.304. The fraction of sp³-hybridized carbons (Fsp3) is 0.333. The standard InChI is InChI=1S/C15H12F2N2S/c16-10-3-4-13(11(17)6-10)19-15-9-2-1-8(5-9)14(15)12(7-20)18-19/h3-4,6-9H,1-2,5H2. The Morgan fingerprint density at radius 1 is 1.25 bits per heavy atom. The predicted molar refractivity (Wildman–Crippen MR) is 75.6 cm³/mol. The Morgan fingerprint density at radius 3 is 2.80 bits per heavy atom. The van der Waals surface area contributed by atoms with Crippen LogP contribution in [0, 0.1) is 11.6 Å². The van der Waals surface area contributed by atoms with Crippen molar-refractivity contribution in [2.75, 3.05) is 0 Å². The molecule has 2 nitrogen and oxygen atoms in total. The molecule has 102 valence electrons. The van der Waals surface area contributed by atoms with E-state index in [2.05, 4.69) is 5.10 Å². The summed E-state index contributed by atoms with van der Waals surface area (Å²) in [7, 11) is 0. The van der Waals surface area contributed by atoms with Crippen molar-refractivity contribution in [1.29, 1.82) is 0 Å². The van der Waals surface area contributed by atoms with Crippen LogP contribution in [0.2, 0.25) is 0 Å². The highest BCUT2D eigenvalue weighted by molar-refractivity contribution is 7.79. The van der Waals surface area contributed by atoms with Crippen LogP contribution >= 0.6 is 12.2 Å². The quantitative estimate of drug-likeness (QED) is 0.782. The molecule has 2 aliphatic carbocycles. The molecule has 0 aliphatic heterocycles. The fourth-order valence-corrected chi connectivity index (χ4v) is 3.86. The van der Waals surface area contributed by atoms with Crippen molar-refractivity contribution >= 4 is 17.6 Å². The Morgan fingerprint density at radius 2 is 2.05 bits per heavy atom. The first kappa shape index (κ1) is 12.1. The zero-order valence-corrected chi connectivity index (χ0v) is 11.5. The first-order valence-corrected chi connectivity index (χ1v) is 7.19. The van der Waals surface area contributed by atoms with Crippen molar-refractivity contribution in [2.45, 2.75) is 31.1 Å². The van der Waals surface area contributed by atoms with Gasteiger partial charge in [0.2, 0.25) is 0 Å². The lowest BCUT2D eigenvalue weighted by molar-refractivity contribution is 0.566. The average molecular weight is 290 g/mol. The van der Waals surface area contributed by atoms with Crippen molar-refractivity contribution in [3.05, 3.63) is 46.8 Å². The van der Waals surface area contributed by atoms with Gasteiger partial charge in [-0.3, -0.25) is 0 Å². The monoisotopic (exact) mass is 290 g/mol. The van der Waals surface area contributed by atoms with E-state index in [-0.39, 0.29) is 0 Å². The predicted octanol–water partition coefficient (Wildman–Crippen LogP) is 3.86. The van der Waals surface area contributed by atoms with Gasteiger partial charge >= 0.3 is 0 Å². The second kappa shape index (κ2) is 4.19. The summed E-state index contributed by atoms with van der Waals surface area (Å²) < 4.78 is 28.7. The van der Waals surface area contributed by atoms with Gasteiger partial charge in [0.05, 0.1) is 11.4 Å². The maximum Gasteiger partial charge on any atom is 0.151 e. The van der Waals surface area contributed by atoms with E-state index < -0.39 is 11.6 Å². The van der Waals surface area contributed by atoms with Crippen LogP contribution in [0.25, 0.3) is 5.69 Å². The van der Waals surface area contributed by atoms with Crippen LogP contribution in [-0.4, -0.2) is 15.1 Å². The van der Waals surface area contributed by atoms with E-state index in [0.717, 1.165) is 36.7 Å². The summed E-state index contributed by atoms with van der Waals surface area (Å²) in [6.07, 6.45) is 3.38. The molecular weight excluding hydrogens is 278 g/mol. The number of rotatable bonds is 2. The molecule has 20 heavy (non-hydrogen) atoms. The van der Waals surface area contributed by atoms with Crippen LogP contribution in [0.1, 0.15) is 48.0 Å². The Kier molecular flexibility index (Phi) is 2.54. The van der Waals surface area contributed by atoms with Crippen LogP contribution in [0.4, 0.5) is 8.78 Å². The Labute approximate surface area is 120 Å². The number of halogens is 2. The summed E-state index contributed by atoms with van der Waals surface area (Å²) in [6, 6.07) is 3.60. The summed E-state index contributed by atoms with van der Waals surface area (Å²) in [4.78, 5) is 0. The maximum absolute atomic E-state index is 14.0. The van der Waals surface area contributed by atoms with Crippen LogP contribution in [0.3, 0.4) is 0 Å². The van der Waals surface area contributed by atoms with Crippen molar-refractivity contribution < 1.29 is 8.78 Å². The Hall–Kier alpha value is -1.62.